The number of carbonyl (C=O) groups is 1. The Morgan fingerprint density at radius 1 is 0.852 bits per heavy atom. The van der Waals surface area contributed by atoms with Crippen molar-refractivity contribution in [3.63, 3.8) is 0 Å². The van der Waals surface area contributed by atoms with Crippen LogP contribution in [0.1, 0.15) is 33.0 Å². The van der Waals surface area contributed by atoms with Crippen LogP contribution in [0.4, 0.5) is 5.82 Å². The summed E-state index contributed by atoms with van der Waals surface area (Å²) in [6.07, 6.45) is 0. The monoisotopic (exact) mass is 377 g/mol. The van der Waals surface area contributed by atoms with E-state index in [1.54, 1.807) is 36.4 Å². The van der Waals surface area contributed by atoms with E-state index in [1.165, 1.54) is 0 Å². The molecule has 1 aliphatic heterocycles. The number of anilines is 1. The molecule has 0 unspecified atom stereocenters. The fraction of sp³-hybridized carbons (Fsp3) is 0.0500. The van der Waals surface area contributed by atoms with Crippen LogP contribution in [0.5, 0.6) is 0 Å². The number of nitrogens with one attached hydrogen (secondary N) is 3. The van der Waals surface area contributed by atoms with E-state index in [-0.39, 0.29) is 5.78 Å². The molecule has 1 aliphatic carbocycles. The van der Waals surface area contributed by atoms with Gasteiger partial charge in [0.15, 0.2) is 5.78 Å². The highest BCUT2D eigenvalue weighted by Crippen LogP contribution is 2.47. The maximum Gasteiger partial charge on any atom is 0.327 e. The van der Waals surface area contributed by atoms with Crippen molar-refractivity contribution in [2.24, 2.45) is 0 Å². The summed E-state index contributed by atoms with van der Waals surface area (Å²) >= 11 is 6.01. The number of carbonyl (C=O) groups excluding carboxylic acids is 1. The molecule has 1 aromatic heterocycles. The average Bonchev–Trinajstić information content (AvgIpc) is 2.93. The molecule has 0 radical (unpaired) electrons. The Balaban J connectivity index is 1.84. The van der Waals surface area contributed by atoms with Gasteiger partial charge < -0.3 is 5.32 Å². The second-order valence-corrected chi connectivity index (χ2v) is 6.91. The van der Waals surface area contributed by atoms with Gasteiger partial charge in [-0.25, -0.2) is 4.79 Å². The van der Waals surface area contributed by atoms with Gasteiger partial charge in [-0.3, -0.25) is 19.6 Å². The second kappa shape index (κ2) is 5.56. The third-order valence-electron chi connectivity index (χ3n) is 4.97. The fourth-order valence-corrected chi connectivity index (χ4v) is 3.97. The normalized spacial score (nSPS) is 17.2. The van der Waals surface area contributed by atoms with Crippen LogP contribution in [0.3, 0.4) is 0 Å². The van der Waals surface area contributed by atoms with E-state index in [9.17, 15) is 14.4 Å². The molecule has 132 valence electrons. The van der Waals surface area contributed by atoms with E-state index in [2.05, 4.69) is 15.3 Å². The Labute approximate surface area is 157 Å². The van der Waals surface area contributed by atoms with Crippen LogP contribution < -0.4 is 16.6 Å². The highest BCUT2D eigenvalue weighted by molar-refractivity contribution is 6.30. The molecule has 0 fully saturated rings. The topological polar surface area (TPSA) is 94.8 Å². The van der Waals surface area contributed by atoms with Crippen LogP contribution >= 0.6 is 11.6 Å². The third-order valence-corrected chi connectivity index (χ3v) is 5.22. The molecule has 3 aromatic rings. The zero-order valence-corrected chi connectivity index (χ0v) is 14.6. The highest BCUT2D eigenvalue weighted by atomic mass is 35.5. The molecule has 7 heteroatoms. The molecule has 6 nitrogen and oxygen atoms in total. The van der Waals surface area contributed by atoms with E-state index in [0.29, 0.717) is 33.2 Å². The predicted octanol–water partition coefficient (Wildman–Crippen LogP) is 2.88. The molecular formula is C20H12ClN3O3. The Kier molecular flexibility index (Phi) is 3.26. The summed E-state index contributed by atoms with van der Waals surface area (Å²) in [6.45, 7) is 0. The smallest absolute Gasteiger partial charge is 0.327 e. The minimum atomic E-state index is -0.617. The van der Waals surface area contributed by atoms with Crippen LogP contribution in [0, 0.1) is 0 Å². The minimum absolute atomic E-state index is 0.135. The highest BCUT2D eigenvalue weighted by Gasteiger charge is 2.41. The maximum atomic E-state index is 13.2. The number of fused-ring (bicyclic) bond motifs is 3. The van der Waals surface area contributed by atoms with E-state index < -0.39 is 17.2 Å². The van der Waals surface area contributed by atoms with Gasteiger partial charge in [-0.2, -0.15) is 0 Å². The molecular weight excluding hydrogens is 366 g/mol. The van der Waals surface area contributed by atoms with Gasteiger partial charge in [0, 0.05) is 27.6 Å². The van der Waals surface area contributed by atoms with Crippen LogP contribution in [0.15, 0.2) is 63.7 Å². The summed E-state index contributed by atoms with van der Waals surface area (Å²) in [6, 6.07) is 14.2. The second-order valence-electron chi connectivity index (χ2n) is 6.47. The van der Waals surface area contributed by atoms with Crippen molar-refractivity contribution < 1.29 is 4.79 Å². The lowest BCUT2D eigenvalue weighted by molar-refractivity contribution is 0.103. The Morgan fingerprint density at radius 2 is 1.56 bits per heavy atom. The van der Waals surface area contributed by atoms with Crippen molar-refractivity contribution in [3.8, 4) is 0 Å². The van der Waals surface area contributed by atoms with Gasteiger partial charge in [-0.05, 0) is 17.7 Å². The molecule has 0 saturated heterocycles. The first kappa shape index (κ1) is 15.8. The number of halogens is 1. The molecule has 1 atom stereocenters. The number of Topliss-reactive ketones (excluding diaryl/α,β-unsaturated/α-hetero) is 1. The molecule has 0 saturated carbocycles. The van der Waals surface area contributed by atoms with Gasteiger partial charge in [0.05, 0.1) is 11.3 Å². The molecule has 27 heavy (non-hydrogen) atoms. The van der Waals surface area contributed by atoms with Gasteiger partial charge in [0.25, 0.3) is 5.56 Å². The molecule has 2 aliphatic rings. The maximum absolute atomic E-state index is 13.2. The number of aromatic nitrogens is 2. The van der Waals surface area contributed by atoms with Gasteiger partial charge in [-0.15, -0.1) is 0 Å². The Morgan fingerprint density at radius 3 is 2.30 bits per heavy atom. The first-order chi connectivity index (χ1) is 13.0. The van der Waals surface area contributed by atoms with E-state index in [1.807, 2.05) is 12.1 Å². The summed E-state index contributed by atoms with van der Waals surface area (Å²) in [5.74, 6) is -0.453. The number of benzene rings is 2. The van der Waals surface area contributed by atoms with Crippen molar-refractivity contribution in [2.45, 2.75) is 5.92 Å². The lowest BCUT2D eigenvalue weighted by Gasteiger charge is -2.27. The van der Waals surface area contributed by atoms with Gasteiger partial charge in [0.1, 0.15) is 5.82 Å². The standard InChI is InChI=1S/C20H12ClN3O3/c21-10-7-5-9(6-8-10)13-14-16(11-3-1-2-4-12(11)17(14)25)22-18-15(13)19(26)24-20(27)23-18/h1-8,13H,(H3,22,23,24,26,27)/t13-/m1/s1. The molecule has 0 spiro atoms. The fourth-order valence-electron chi connectivity index (χ4n) is 3.84. The summed E-state index contributed by atoms with van der Waals surface area (Å²) in [5.41, 5.74) is 2.33. The largest absolute Gasteiger partial charge is 0.340 e. The van der Waals surface area contributed by atoms with Crippen molar-refractivity contribution in [1.29, 1.82) is 0 Å². The van der Waals surface area contributed by atoms with E-state index >= 15 is 0 Å². The van der Waals surface area contributed by atoms with Gasteiger partial charge in [0.2, 0.25) is 0 Å². The van der Waals surface area contributed by atoms with E-state index in [0.717, 1.165) is 11.1 Å². The molecule has 3 N–H and O–H groups in total. The van der Waals surface area contributed by atoms with Crippen molar-refractivity contribution in [2.75, 3.05) is 5.32 Å². The number of rotatable bonds is 1. The van der Waals surface area contributed by atoms with Crippen LogP contribution in [0.25, 0.3) is 5.70 Å². The van der Waals surface area contributed by atoms with Gasteiger partial charge in [-0.1, -0.05) is 48.0 Å². The summed E-state index contributed by atoms with van der Waals surface area (Å²) in [7, 11) is 0. The number of hydrogen-bond donors (Lipinski definition) is 3. The first-order valence-corrected chi connectivity index (χ1v) is 8.69. The first-order valence-electron chi connectivity index (χ1n) is 8.32. The summed E-state index contributed by atoms with van der Waals surface area (Å²) in [5, 5.41) is 3.65. The van der Waals surface area contributed by atoms with Crippen LogP contribution in [-0.4, -0.2) is 15.8 Å². The zero-order chi connectivity index (χ0) is 18.7. The number of aromatic amines is 2. The molecule has 5 rings (SSSR count). The third kappa shape index (κ3) is 2.23. The quantitative estimate of drug-likeness (QED) is 0.607. The number of ketones is 1. The molecule has 0 amide bonds. The summed E-state index contributed by atoms with van der Waals surface area (Å²) < 4.78 is 0. The SMILES string of the molecule is O=C1C2=C(Nc3[nH]c(=O)[nH]c(=O)c3[C@@H]2c2ccc(Cl)cc2)c2ccccc21. The van der Waals surface area contributed by atoms with Crippen molar-refractivity contribution in [1.82, 2.24) is 9.97 Å². The van der Waals surface area contributed by atoms with E-state index in [4.69, 9.17) is 11.6 Å². The Hall–Kier alpha value is -3.38. The molecule has 2 aromatic carbocycles. The van der Waals surface area contributed by atoms with Crippen LogP contribution in [-0.2, 0) is 0 Å². The molecule has 2 heterocycles. The average molecular weight is 378 g/mol. The lowest BCUT2D eigenvalue weighted by Crippen LogP contribution is -2.33. The lowest BCUT2D eigenvalue weighted by atomic mass is 9.82. The summed E-state index contributed by atoms with van der Waals surface area (Å²) in [4.78, 5) is 42.5. The van der Waals surface area contributed by atoms with Crippen molar-refractivity contribution in [3.05, 3.63) is 102 Å². The number of allylic oxidation sites excluding steroid dienone is 1. The zero-order valence-electron chi connectivity index (χ0n) is 13.8. The number of H-pyrrole nitrogens is 2. The predicted molar refractivity (Wildman–Crippen MR) is 102 cm³/mol. The van der Waals surface area contributed by atoms with Gasteiger partial charge >= 0.3 is 5.69 Å². The van der Waals surface area contributed by atoms with Crippen LogP contribution in [0.2, 0.25) is 5.02 Å². The molecule has 0 bridgehead atoms. The minimum Gasteiger partial charge on any atom is -0.340 e. The Bertz CT molecular complexity index is 1270. The number of hydrogen-bond acceptors (Lipinski definition) is 4. The van der Waals surface area contributed by atoms with Crippen molar-refractivity contribution >= 4 is 28.9 Å².